The molecule has 0 saturated carbocycles. The third-order valence-corrected chi connectivity index (χ3v) is 1.38. The highest BCUT2D eigenvalue weighted by Crippen LogP contribution is 2.00. The van der Waals surface area contributed by atoms with Gasteiger partial charge in [-0.15, -0.1) is 0 Å². The van der Waals surface area contributed by atoms with Gasteiger partial charge in [-0.3, -0.25) is 0 Å². The van der Waals surface area contributed by atoms with E-state index in [1.54, 1.807) is 10.3 Å². The van der Waals surface area contributed by atoms with E-state index < -0.39 is 0 Å². The number of benzene rings is 1. The minimum absolute atomic E-state index is 1.21. The molecule has 2 nitrogen and oxygen atoms in total. The molecule has 0 heterocycles. The molecule has 0 bridgehead atoms. The molecule has 0 spiro atoms. The van der Waals surface area contributed by atoms with Crippen LogP contribution in [0.25, 0.3) is 0 Å². The molecule has 0 aliphatic heterocycles. The van der Waals surface area contributed by atoms with Gasteiger partial charge in [-0.05, 0) is 36.4 Å². The van der Waals surface area contributed by atoms with Crippen molar-refractivity contribution in [2.24, 2.45) is 0 Å². The molecule has 0 unspecified atom stereocenters. The molecule has 1 aromatic carbocycles. The van der Waals surface area contributed by atoms with Crippen molar-refractivity contribution in [3.63, 3.8) is 0 Å². The molecule has 15 heavy (non-hydrogen) atoms. The lowest BCUT2D eigenvalue weighted by Crippen LogP contribution is -1.78. The monoisotopic (exact) mass is 238 g/mol. The number of rotatable bonds is 2. The van der Waals surface area contributed by atoms with Crippen LogP contribution in [0.5, 0.6) is 0 Å². The summed E-state index contributed by atoms with van der Waals surface area (Å²) in [6.45, 7) is 2.20. The number of aryl methyl sites for hydroxylation is 1. The zero-order valence-corrected chi connectivity index (χ0v) is 10.3. The highest BCUT2D eigenvalue weighted by molar-refractivity contribution is 7.78. The van der Waals surface area contributed by atoms with Crippen LogP contribution in [0.15, 0.2) is 30.3 Å². The van der Waals surface area contributed by atoms with Crippen molar-refractivity contribution in [2.45, 2.75) is 19.8 Å². The molecule has 2 N–H and O–H groups in total. The van der Waals surface area contributed by atoms with E-state index in [-0.39, 0.29) is 0 Å². The van der Waals surface area contributed by atoms with Crippen molar-refractivity contribution in [1.82, 2.24) is 0 Å². The Morgan fingerprint density at radius 2 is 1.47 bits per heavy atom. The van der Waals surface area contributed by atoms with Crippen molar-refractivity contribution in [2.75, 3.05) is 0 Å². The van der Waals surface area contributed by atoms with Gasteiger partial charge in [-0.1, -0.05) is 43.7 Å². The Labute approximate surface area is 101 Å². The zero-order chi connectivity index (χ0) is 11.9. The standard InChI is InChI=1S/C9H12.2CHNS/c1-2-6-9-7-4-3-5-8-9;2*2-1-3/h3-5,7-8H,2,6H2,1H3;2*2H. The number of isothiocyanates is 2. The fourth-order valence-electron chi connectivity index (χ4n) is 0.933. The number of thiocarbonyl (C=S) groups is 2. The maximum atomic E-state index is 5.77. The van der Waals surface area contributed by atoms with Gasteiger partial charge >= 0.3 is 0 Å². The predicted octanol–water partition coefficient (Wildman–Crippen LogP) is 3.98. The van der Waals surface area contributed by atoms with Gasteiger partial charge in [0.2, 0.25) is 0 Å². The second-order valence-corrected chi connectivity index (χ2v) is 2.85. The first-order valence-electron chi connectivity index (χ1n) is 4.38. The van der Waals surface area contributed by atoms with E-state index in [4.69, 9.17) is 10.8 Å². The summed E-state index contributed by atoms with van der Waals surface area (Å²) in [5.41, 5.74) is 1.44. The van der Waals surface area contributed by atoms with E-state index >= 15 is 0 Å². The second-order valence-electron chi connectivity index (χ2n) is 2.44. The summed E-state index contributed by atoms with van der Waals surface area (Å²) in [4.78, 5) is 0. The Balaban J connectivity index is 0. The Morgan fingerprint density at radius 1 is 1.07 bits per heavy atom. The minimum atomic E-state index is 1.21. The lowest BCUT2D eigenvalue weighted by atomic mass is 10.1. The molecule has 0 fully saturated rings. The van der Waals surface area contributed by atoms with Gasteiger partial charge in [0.15, 0.2) is 0 Å². The molecule has 80 valence electrons. The van der Waals surface area contributed by atoms with Gasteiger partial charge in [-0.2, -0.15) is 0 Å². The Bertz CT molecular complexity index is 286. The molecular weight excluding hydrogens is 224 g/mol. The number of nitrogens with one attached hydrogen (secondary N) is 2. The third-order valence-electron chi connectivity index (χ3n) is 1.38. The average Bonchev–Trinajstić information content (AvgIpc) is 2.22. The van der Waals surface area contributed by atoms with Gasteiger partial charge in [-0.25, -0.2) is 10.8 Å². The Hall–Kier alpha value is -1.18. The topological polar surface area (TPSA) is 47.7 Å². The zero-order valence-electron chi connectivity index (χ0n) is 8.62. The van der Waals surface area contributed by atoms with E-state index in [0.717, 1.165) is 0 Å². The molecule has 0 aliphatic carbocycles. The molecule has 0 aliphatic rings. The summed E-state index contributed by atoms with van der Waals surface area (Å²) in [5.74, 6) is 0. The Kier molecular flexibility index (Phi) is 16.6. The first-order chi connectivity index (χ1) is 7.26. The fourth-order valence-corrected chi connectivity index (χ4v) is 0.933. The lowest BCUT2D eigenvalue weighted by molar-refractivity contribution is 0.922. The van der Waals surface area contributed by atoms with Crippen molar-refractivity contribution < 1.29 is 0 Å². The summed E-state index contributed by atoms with van der Waals surface area (Å²) in [6.07, 6.45) is 2.45. The molecule has 1 rings (SSSR count). The first kappa shape index (κ1) is 16.3. The summed E-state index contributed by atoms with van der Waals surface area (Å²) in [5, 5.41) is 14.7. The molecule has 0 aromatic heterocycles. The molecule has 0 amide bonds. The second kappa shape index (κ2) is 15.3. The van der Waals surface area contributed by atoms with Crippen LogP contribution in [-0.2, 0) is 6.42 Å². The van der Waals surface area contributed by atoms with Crippen LogP contribution < -0.4 is 0 Å². The largest absolute Gasteiger partial charge is 0.248 e. The molecule has 1 aromatic rings. The van der Waals surface area contributed by atoms with Crippen LogP contribution >= 0.6 is 24.4 Å². The van der Waals surface area contributed by atoms with E-state index in [9.17, 15) is 0 Å². The highest BCUT2D eigenvalue weighted by atomic mass is 32.1. The van der Waals surface area contributed by atoms with Crippen LogP contribution in [0.1, 0.15) is 18.9 Å². The lowest BCUT2D eigenvalue weighted by Gasteiger charge is -1.93. The van der Waals surface area contributed by atoms with Crippen LogP contribution in [-0.4, -0.2) is 10.3 Å². The van der Waals surface area contributed by atoms with Crippen LogP contribution in [0.4, 0.5) is 0 Å². The number of hydrogen-bond donors (Lipinski definition) is 2. The molecule has 0 radical (unpaired) electrons. The highest BCUT2D eigenvalue weighted by Gasteiger charge is 1.84. The molecule has 0 saturated heterocycles. The smallest absolute Gasteiger partial charge is 0.0554 e. The van der Waals surface area contributed by atoms with Crippen LogP contribution in [0, 0.1) is 10.8 Å². The SMILES string of the molecule is CCCc1ccccc1.N=C=S.N=C=S. The van der Waals surface area contributed by atoms with Gasteiger partial charge in [0.25, 0.3) is 0 Å². The molecule has 4 heteroatoms. The summed E-state index contributed by atoms with van der Waals surface area (Å²) in [7, 11) is 0. The number of hydrogen-bond acceptors (Lipinski definition) is 4. The predicted molar refractivity (Wildman–Crippen MR) is 71.1 cm³/mol. The van der Waals surface area contributed by atoms with Gasteiger partial charge in [0, 0.05) is 0 Å². The summed E-state index contributed by atoms with van der Waals surface area (Å²) < 4.78 is 0. The van der Waals surface area contributed by atoms with Gasteiger partial charge < -0.3 is 0 Å². The van der Waals surface area contributed by atoms with E-state index in [0.29, 0.717) is 0 Å². The minimum Gasteiger partial charge on any atom is -0.248 e. The van der Waals surface area contributed by atoms with Crippen molar-refractivity contribution >= 4 is 34.8 Å². The van der Waals surface area contributed by atoms with Crippen molar-refractivity contribution in [3.05, 3.63) is 35.9 Å². The average molecular weight is 238 g/mol. The molecule has 0 atom stereocenters. The van der Waals surface area contributed by atoms with E-state index in [1.165, 1.54) is 18.4 Å². The Morgan fingerprint density at radius 3 is 1.80 bits per heavy atom. The van der Waals surface area contributed by atoms with Crippen LogP contribution in [0.2, 0.25) is 0 Å². The maximum absolute atomic E-state index is 5.77. The van der Waals surface area contributed by atoms with Crippen molar-refractivity contribution in [1.29, 1.82) is 10.8 Å². The van der Waals surface area contributed by atoms with E-state index in [1.807, 2.05) is 0 Å². The fraction of sp³-hybridized carbons (Fsp3) is 0.273. The van der Waals surface area contributed by atoms with Crippen LogP contribution in [0.3, 0.4) is 0 Å². The quantitative estimate of drug-likeness (QED) is 0.605. The first-order valence-corrected chi connectivity index (χ1v) is 5.20. The summed E-state index contributed by atoms with van der Waals surface area (Å²) in [6, 6.07) is 10.6. The van der Waals surface area contributed by atoms with Crippen molar-refractivity contribution in [3.8, 4) is 0 Å². The molecular formula is C11H14N2S2. The third kappa shape index (κ3) is 15.6. The maximum Gasteiger partial charge on any atom is 0.0554 e. The van der Waals surface area contributed by atoms with E-state index in [2.05, 4.69) is 61.7 Å². The normalized spacial score (nSPS) is 6.73. The summed E-state index contributed by atoms with van der Waals surface area (Å²) >= 11 is 7.62. The van der Waals surface area contributed by atoms with Gasteiger partial charge in [0.05, 0.1) is 10.3 Å². The van der Waals surface area contributed by atoms with Gasteiger partial charge in [0.1, 0.15) is 0 Å².